The van der Waals surface area contributed by atoms with E-state index >= 15 is 0 Å². The first-order valence-corrected chi connectivity index (χ1v) is 8.87. The smallest absolute Gasteiger partial charge is 0.256 e. The van der Waals surface area contributed by atoms with E-state index in [-0.39, 0.29) is 24.2 Å². The Bertz CT molecular complexity index is 1010. The summed E-state index contributed by atoms with van der Waals surface area (Å²) in [6.45, 7) is 0.193. The highest BCUT2D eigenvalue weighted by Crippen LogP contribution is 2.22. The molecule has 0 radical (unpaired) electrons. The zero-order chi connectivity index (χ0) is 21.0. The molecular weight excluding hydrogens is 382 g/mol. The molecule has 0 aliphatic heterocycles. The predicted molar refractivity (Wildman–Crippen MR) is 101 cm³/mol. The molecule has 3 aromatic rings. The van der Waals surface area contributed by atoms with Gasteiger partial charge >= 0.3 is 0 Å². The van der Waals surface area contributed by atoms with E-state index in [1.807, 2.05) is 0 Å². The number of aromatic nitrogens is 2. The van der Waals surface area contributed by atoms with Crippen LogP contribution < -0.4 is 5.32 Å². The topological polar surface area (TPSA) is 80.4 Å². The first-order valence-electron chi connectivity index (χ1n) is 8.87. The Kier molecular flexibility index (Phi) is 6.06. The zero-order valence-corrected chi connectivity index (χ0v) is 16.0. The lowest BCUT2D eigenvalue weighted by Crippen LogP contribution is -2.27. The molecule has 1 aromatic carbocycles. The number of rotatable bonds is 7. The Morgan fingerprint density at radius 3 is 2.69 bits per heavy atom. The molecule has 0 unspecified atom stereocenters. The second-order valence-corrected chi connectivity index (χ2v) is 6.60. The molecule has 0 aliphatic carbocycles. The maximum absolute atomic E-state index is 14.2. The lowest BCUT2D eigenvalue weighted by Gasteiger charge is -2.17. The molecule has 1 N–H and O–H groups in total. The first kappa shape index (κ1) is 20.2. The number of hydrogen-bond acceptors (Lipinski definition) is 4. The van der Waals surface area contributed by atoms with E-state index in [0.717, 1.165) is 17.3 Å². The largest absolute Gasteiger partial charge is 0.472 e. The molecule has 29 heavy (non-hydrogen) atoms. The highest BCUT2D eigenvalue weighted by atomic mass is 19.1. The second kappa shape index (κ2) is 8.68. The molecule has 0 atom stereocenters. The van der Waals surface area contributed by atoms with Gasteiger partial charge in [-0.15, -0.1) is 0 Å². The van der Waals surface area contributed by atoms with Gasteiger partial charge in [0.1, 0.15) is 11.6 Å². The maximum atomic E-state index is 14.2. The van der Waals surface area contributed by atoms with Crippen molar-refractivity contribution in [3.8, 4) is 0 Å². The van der Waals surface area contributed by atoms with Crippen molar-refractivity contribution < 1.29 is 22.8 Å². The van der Waals surface area contributed by atoms with Gasteiger partial charge in [-0.2, -0.15) is 5.10 Å². The maximum Gasteiger partial charge on any atom is 0.256 e. The molecule has 9 heteroatoms. The zero-order valence-electron chi connectivity index (χ0n) is 16.0. The van der Waals surface area contributed by atoms with Crippen molar-refractivity contribution in [2.75, 3.05) is 12.4 Å². The van der Waals surface area contributed by atoms with Crippen LogP contribution in [0.5, 0.6) is 0 Å². The van der Waals surface area contributed by atoms with Crippen molar-refractivity contribution in [1.29, 1.82) is 0 Å². The van der Waals surface area contributed by atoms with Crippen LogP contribution in [0, 0.1) is 11.6 Å². The molecule has 3 rings (SSSR count). The summed E-state index contributed by atoms with van der Waals surface area (Å²) in [7, 11) is 3.25. The second-order valence-electron chi connectivity index (χ2n) is 6.60. The van der Waals surface area contributed by atoms with Crippen molar-refractivity contribution >= 4 is 17.5 Å². The molecule has 2 amide bonds. The summed E-state index contributed by atoms with van der Waals surface area (Å²) in [5, 5.41) is 6.41. The van der Waals surface area contributed by atoms with Crippen LogP contribution in [0.25, 0.3) is 0 Å². The number of hydrogen-bond donors (Lipinski definition) is 1. The van der Waals surface area contributed by atoms with Gasteiger partial charge in [-0.1, -0.05) is 0 Å². The number of carbonyl (C=O) groups excluding carboxylic acids is 2. The number of aryl methyl sites for hydroxylation is 2. The summed E-state index contributed by atoms with van der Waals surface area (Å²) in [5.41, 5.74) is 0.990. The molecule has 0 saturated heterocycles. The van der Waals surface area contributed by atoms with E-state index in [0.29, 0.717) is 12.5 Å². The summed E-state index contributed by atoms with van der Waals surface area (Å²) >= 11 is 0. The van der Waals surface area contributed by atoms with Crippen LogP contribution in [0.15, 0.2) is 47.4 Å². The minimum absolute atomic E-state index is 0.0834. The third-order valence-electron chi connectivity index (χ3n) is 4.44. The summed E-state index contributed by atoms with van der Waals surface area (Å²) in [4.78, 5) is 26.0. The van der Waals surface area contributed by atoms with Crippen LogP contribution in [0.3, 0.4) is 0 Å². The summed E-state index contributed by atoms with van der Waals surface area (Å²) < 4.78 is 34.9. The van der Waals surface area contributed by atoms with Crippen molar-refractivity contribution in [1.82, 2.24) is 14.7 Å². The number of carbonyl (C=O) groups is 2. The fraction of sp³-hybridized carbons (Fsp3) is 0.250. The highest BCUT2D eigenvalue weighted by Gasteiger charge is 2.20. The van der Waals surface area contributed by atoms with Gasteiger partial charge in [-0.3, -0.25) is 14.3 Å². The van der Waals surface area contributed by atoms with E-state index in [1.54, 1.807) is 30.1 Å². The highest BCUT2D eigenvalue weighted by molar-refractivity contribution is 5.97. The quantitative estimate of drug-likeness (QED) is 0.659. The molecule has 0 aliphatic rings. The van der Waals surface area contributed by atoms with Crippen molar-refractivity contribution in [3.63, 3.8) is 0 Å². The Morgan fingerprint density at radius 2 is 2.03 bits per heavy atom. The van der Waals surface area contributed by atoms with E-state index in [9.17, 15) is 18.4 Å². The molecule has 0 saturated carbocycles. The number of halogens is 2. The Labute approximate surface area is 165 Å². The average molecular weight is 402 g/mol. The predicted octanol–water partition coefficient (Wildman–Crippen LogP) is 3.13. The molecule has 152 valence electrons. The summed E-state index contributed by atoms with van der Waals surface area (Å²) in [6.07, 6.45) is 5.04. The van der Waals surface area contributed by atoms with Crippen LogP contribution in [-0.4, -0.2) is 33.5 Å². The van der Waals surface area contributed by atoms with Crippen LogP contribution in [-0.2, 0) is 24.8 Å². The van der Waals surface area contributed by atoms with Gasteiger partial charge in [0.25, 0.3) is 5.91 Å². The number of benzene rings is 1. The SMILES string of the molecule is CN(Cc1ccoc1)C(=O)c1cc(NC(=O)CCc2ccnn2C)c(F)cc1F. The Hall–Kier alpha value is -3.49. The monoisotopic (exact) mass is 402 g/mol. The minimum Gasteiger partial charge on any atom is -0.472 e. The van der Waals surface area contributed by atoms with Crippen molar-refractivity contribution in [2.24, 2.45) is 7.05 Å². The number of amides is 2. The van der Waals surface area contributed by atoms with Gasteiger partial charge in [-0.05, 0) is 24.6 Å². The lowest BCUT2D eigenvalue weighted by atomic mass is 10.1. The fourth-order valence-corrected chi connectivity index (χ4v) is 2.84. The molecule has 2 heterocycles. The number of nitrogens with zero attached hydrogens (tertiary/aromatic N) is 3. The van der Waals surface area contributed by atoms with Gasteiger partial charge in [0.05, 0.1) is 23.8 Å². The molecule has 0 spiro atoms. The van der Waals surface area contributed by atoms with Crippen molar-refractivity contribution in [2.45, 2.75) is 19.4 Å². The van der Waals surface area contributed by atoms with Gasteiger partial charge in [0, 0.05) is 50.6 Å². The molecule has 7 nitrogen and oxygen atoms in total. The first-order chi connectivity index (χ1) is 13.8. The van der Waals surface area contributed by atoms with Gasteiger partial charge < -0.3 is 14.6 Å². The molecule has 0 fully saturated rings. The molecular formula is C20H20F2N4O3. The van der Waals surface area contributed by atoms with Crippen LogP contribution in [0.4, 0.5) is 14.5 Å². The third kappa shape index (κ3) is 4.87. The normalized spacial score (nSPS) is 10.8. The Balaban J connectivity index is 1.70. The third-order valence-corrected chi connectivity index (χ3v) is 4.44. The summed E-state index contributed by atoms with van der Waals surface area (Å²) in [6, 6.07) is 5.06. The van der Waals surface area contributed by atoms with Crippen LogP contribution in [0.1, 0.15) is 28.0 Å². The average Bonchev–Trinajstić information content (AvgIpc) is 3.33. The van der Waals surface area contributed by atoms with E-state index in [2.05, 4.69) is 10.4 Å². The summed E-state index contributed by atoms with van der Waals surface area (Å²) in [5.74, 6) is -3.05. The van der Waals surface area contributed by atoms with E-state index in [4.69, 9.17) is 4.42 Å². The van der Waals surface area contributed by atoms with E-state index in [1.165, 1.54) is 24.5 Å². The minimum atomic E-state index is -1.00. The molecule has 2 aromatic heterocycles. The molecule has 0 bridgehead atoms. The van der Waals surface area contributed by atoms with E-state index < -0.39 is 23.4 Å². The van der Waals surface area contributed by atoms with Crippen LogP contribution >= 0.6 is 0 Å². The van der Waals surface area contributed by atoms with Crippen LogP contribution in [0.2, 0.25) is 0 Å². The van der Waals surface area contributed by atoms with Gasteiger partial charge in [0.15, 0.2) is 0 Å². The standard InChI is InChI=1S/C20H20F2N4O3/c1-25(11-13-6-8-29-12-13)20(28)15-9-18(17(22)10-16(15)21)24-19(27)4-3-14-5-7-23-26(14)2/h5-10,12H,3-4,11H2,1-2H3,(H,24,27). The Morgan fingerprint density at radius 1 is 1.24 bits per heavy atom. The number of nitrogens with one attached hydrogen (secondary N) is 1. The number of anilines is 1. The number of furan rings is 1. The van der Waals surface area contributed by atoms with Gasteiger partial charge in [-0.25, -0.2) is 8.78 Å². The fourth-order valence-electron chi connectivity index (χ4n) is 2.84. The lowest BCUT2D eigenvalue weighted by molar-refractivity contribution is -0.116. The van der Waals surface area contributed by atoms with Crippen molar-refractivity contribution in [3.05, 3.63) is 71.4 Å². The van der Waals surface area contributed by atoms with Gasteiger partial charge in [0.2, 0.25) is 5.91 Å².